The van der Waals surface area contributed by atoms with Gasteiger partial charge in [-0.1, -0.05) is 43.7 Å². The number of hydrogen-bond acceptors (Lipinski definition) is 3. The number of amides is 1. The Morgan fingerprint density at radius 1 is 1.04 bits per heavy atom. The summed E-state index contributed by atoms with van der Waals surface area (Å²) in [5.74, 6) is -0.511. The van der Waals surface area contributed by atoms with Crippen molar-refractivity contribution in [1.29, 1.82) is 0 Å². The first-order valence-corrected chi connectivity index (χ1v) is 10.2. The number of aryl methyl sites for hydroxylation is 1. The minimum Gasteiger partial charge on any atom is -0.273 e. The van der Waals surface area contributed by atoms with E-state index in [2.05, 4.69) is 6.92 Å². The molecule has 0 unspecified atom stereocenters. The average molecular weight is 357 g/mol. The fourth-order valence-electron chi connectivity index (χ4n) is 2.76. The van der Waals surface area contributed by atoms with Crippen molar-refractivity contribution >= 4 is 21.6 Å². The molecule has 0 bridgehead atoms. The third kappa shape index (κ3) is 3.93. The van der Waals surface area contributed by atoms with E-state index in [4.69, 9.17) is 0 Å². The van der Waals surface area contributed by atoms with Gasteiger partial charge in [-0.3, -0.25) is 4.79 Å². The minimum atomic E-state index is -3.90. The molecular formula is C20H23NO3S. The molecule has 25 heavy (non-hydrogen) atoms. The summed E-state index contributed by atoms with van der Waals surface area (Å²) in [4.78, 5) is 12.9. The van der Waals surface area contributed by atoms with Crippen molar-refractivity contribution in [2.24, 2.45) is 5.92 Å². The number of rotatable bonds is 7. The van der Waals surface area contributed by atoms with E-state index in [9.17, 15) is 13.2 Å². The Morgan fingerprint density at radius 3 is 2.24 bits per heavy atom. The number of carbonyl (C=O) groups is 1. The zero-order valence-electron chi connectivity index (χ0n) is 14.4. The first kappa shape index (κ1) is 17.7. The van der Waals surface area contributed by atoms with Crippen LogP contribution in [-0.2, 0) is 21.2 Å². The Morgan fingerprint density at radius 2 is 1.68 bits per heavy atom. The lowest BCUT2D eigenvalue weighted by Gasteiger charge is -2.23. The maximum atomic E-state index is 13.1. The van der Waals surface area contributed by atoms with E-state index < -0.39 is 10.0 Å². The second-order valence-corrected chi connectivity index (χ2v) is 8.25. The first-order valence-electron chi connectivity index (χ1n) is 8.77. The van der Waals surface area contributed by atoms with E-state index in [0.717, 1.165) is 42.0 Å². The van der Waals surface area contributed by atoms with Gasteiger partial charge in [0, 0.05) is 5.92 Å². The number of nitrogens with zero attached hydrogens (tertiary/aromatic N) is 1. The maximum Gasteiger partial charge on any atom is 0.270 e. The van der Waals surface area contributed by atoms with Gasteiger partial charge in [0.1, 0.15) is 0 Å². The second kappa shape index (κ2) is 7.40. The second-order valence-electron chi connectivity index (χ2n) is 6.47. The van der Waals surface area contributed by atoms with Crippen molar-refractivity contribution in [2.75, 3.05) is 4.31 Å². The smallest absolute Gasteiger partial charge is 0.270 e. The number of benzene rings is 2. The summed E-state index contributed by atoms with van der Waals surface area (Å²) in [6.45, 7) is 2.14. The summed E-state index contributed by atoms with van der Waals surface area (Å²) in [6, 6.07) is 15.5. The molecule has 4 nitrogen and oxygen atoms in total. The lowest BCUT2D eigenvalue weighted by molar-refractivity contribution is -0.118. The Hall–Kier alpha value is -2.14. The Kier molecular flexibility index (Phi) is 5.23. The number of anilines is 1. The van der Waals surface area contributed by atoms with Crippen molar-refractivity contribution in [2.45, 2.75) is 43.9 Å². The van der Waals surface area contributed by atoms with Crippen molar-refractivity contribution < 1.29 is 13.2 Å². The van der Waals surface area contributed by atoms with Gasteiger partial charge in [-0.15, -0.1) is 0 Å². The molecule has 1 aliphatic rings. The minimum absolute atomic E-state index is 0.138. The molecule has 0 saturated heterocycles. The fraction of sp³-hybridized carbons (Fsp3) is 0.350. The normalized spacial score (nSPS) is 14.3. The topological polar surface area (TPSA) is 54.5 Å². The number of carbonyl (C=O) groups excluding carboxylic acids is 1. The van der Waals surface area contributed by atoms with Gasteiger partial charge in [0.25, 0.3) is 10.0 Å². The molecule has 0 atom stereocenters. The monoisotopic (exact) mass is 357 g/mol. The Bertz CT molecular complexity index is 825. The van der Waals surface area contributed by atoms with Gasteiger partial charge >= 0.3 is 0 Å². The van der Waals surface area contributed by atoms with E-state index >= 15 is 0 Å². The van der Waals surface area contributed by atoms with Crippen LogP contribution in [0.1, 0.15) is 38.2 Å². The summed E-state index contributed by atoms with van der Waals surface area (Å²) in [5.41, 5.74) is 1.57. The van der Waals surface area contributed by atoms with Gasteiger partial charge in [-0.2, -0.15) is 0 Å². The Balaban J connectivity index is 1.97. The lowest BCUT2D eigenvalue weighted by atomic mass is 10.1. The molecule has 132 valence electrons. The molecule has 0 aromatic heterocycles. The molecule has 0 spiro atoms. The van der Waals surface area contributed by atoms with E-state index in [-0.39, 0.29) is 16.7 Å². The van der Waals surface area contributed by atoms with E-state index in [1.54, 1.807) is 30.3 Å². The molecule has 5 heteroatoms. The molecule has 1 aliphatic carbocycles. The number of sulfonamides is 1. The third-order valence-corrected chi connectivity index (χ3v) is 6.14. The third-order valence-electron chi connectivity index (χ3n) is 4.40. The van der Waals surface area contributed by atoms with Crippen LogP contribution >= 0.6 is 0 Å². The fourth-order valence-corrected chi connectivity index (χ4v) is 4.25. The Labute approximate surface area is 149 Å². The molecule has 0 radical (unpaired) electrons. The van der Waals surface area contributed by atoms with E-state index in [1.165, 1.54) is 12.1 Å². The zero-order chi connectivity index (χ0) is 17.9. The molecule has 1 fully saturated rings. The van der Waals surface area contributed by atoms with Crippen LogP contribution in [0.3, 0.4) is 0 Å². The molecule has 3 rings (SSSR count). The quantitative estimate of drug-likeness (QED) is 0.747. The maximum absolute atomic E-state index is 13.1. The molecule has 0 aliphatic heterocycles. The van der Waals surface area contributed by atoms with Gasteiger partial charge in [0.05, 0.1) is 10.6 Å². The zero-order valence-corrected chi connectivity index (χ0v) is 15.2. The summed E-state index contributed by atoms with van der Waals surface area (Å²) in [5, 5.41) is 0. The van der Waals surface area contributed by atoms with Gasteiger partial charge in [0.15, 0.2) is 0 Å². The summed E-state index contributed by atoms with van der Waals surface area (Å²) in [7, 11) is -3.90. The highest BCUT2D eigenvalue weighted by atomic mass is 32.2. The van der Waals surface area contributed by atoms with Crippen LogP contribution in [0, 0.1) is 5.92 Å². The molecule has 2 aromatic carbocycles. The average Bonchev–Trinajstić information content (AvgIpc) is 3.47. The van der Waals surface area contributed by atoms with Crippen LogP contribution in [0.2, 0.25) is 0 Å². The SMILES string of the molecule is CCCCc1ccc(N(C(=O)C2CC2)S(=O)(=O)c2ccccc2)cc1. The molecular weight excluding hydrogens is 334 g/mol. The van der Waals surface area contributed by atoms with Gasteiger partial charge in [0.2, 0.25) is 5.91 Å². The van der Waals surface area contributed by atoms with Crippen molar-refractivity contribution in [3.05, 3.63) is 60.2 Å². The van der Waals surface area contributed by atoms with Crippen LogP contribution < -0.4 is 4.31 Å². The van der Waals surface area contributed by atoms with Crippen molar-refractivity contribution in [1.82, 2.24) is 0 Å². The molecule has 0 heterocycles. The predicted octanol–water partition coefficient (Wildman–Crippen LogP) is 4.16. The molecule has 2 aromatic rings. The van der Waals surface area contributed by atoms with Crippen LogP contribution in [0.5, 0.6) is 0 Å². The van der Waals surface area contributed by atoms with Gasteiger partial charge in [-0.25, -0.2) is 12.7 Å². The molecule has 0 N–H and O–H groups in total. The van der Waals surface area contributed by atoms with Crippen molar-refractivity contribution in [3.8, 4) is 0 Å². The summed E-state index contributed by atoms with van der Waals surface area (Å²) in [6.07, 6.45) is 4.67. The van der Waals surface area contributed by atoms with Crippen LogP contribution in [0.25, 0.3) is 0 Å². The number of unbranched alkanes of at least 4 members (excludes halogenated alkanes) is 1. The van der Waals surface area contributed by atoms with Crippen LogP contribution in [-0.4, -0.2) is 14.3 Å². The highest BCUT2D eigenvalue weighted by molar-refractivity contribution is 7.93. The largest absolute Gasteiger partial charge is 0.273 e. The van der Waals surface area contributed by atoms with E-state index in [1.807, 2.05) is 12.1 Å². The highest BCUT2D eigenvalue weighted by Crippen LogP contribution is 2.35. The van der Waals surface area contributed by atoms with Gasteiger partial charge < -0.3 is 0 Å². The number of hydrogen-bond donors (Lipinski definition) is 0. The molecule has 1 amide bonds. The highest BCUT2D eigenvalue weighted by Gasteiger charge is 2.40. The first-order chi connectivity index (χ1) is 12.0. The summed E-state index contributed by atoms with van der Waals surface area (Å²) < 4.78 is 27.1. The van der Waals surface area contributed by atoms with Gasteiger partial charge in [-0.05, 0) is 55.5 Å². The van der Waals surface area contributed by atoms with E-state index in [0.29, 0.717) is 5.69 Å². The van der Waals surface area contributed by atoms with Crippen LogP contribution in [0.15, 0.2) is 59.5 Å². The summed E-state index contributed by atoms with van der Waals surface area (Å²) >= 11 is 0. The van der Waals surface area contributed by atoms with Crippen molar-refractivity contribution in [3.63, 3.8) is 0 Å². The lowest BCUT2D eigenvalue weighted by Crippen LogP contribution is -2.38. The predicted molar refractivity (Wildman–Crippen MR) is 98.9 cm³/mol. The molecule has 1 saturated carbocycles. The van der Waals surface area contributed by atoms with Crippen LogP contribution in [0.4, 0.5) is 5.69 Å². The standard InChI is InChI=1S/C20H23NO3S/c1-2-3-7-16-10-14-18(15-11-16)21(20(22)17-12-13-17)25(23,24)19-8-5-4-6-9-19/h4-6,8-11,14-15,17H,2-3,7,12-13H2,1H3.